The van der Waals surface area contributed by atoms with Crippen LogP contribution in [0.25, 0.3) is 0 Å². The van der Waals surface area contributed by atoms with Crippen molar-refractivity contribution in [2.45, 2.75) is 103 Å². The average Bonchev–Trinajstić information content (AvgIpc) is 2.47. The lowest BCUT2D eigenvalue weighted by atomic mass is 10.0. The molecule has 0 atom stereocenters. The molecule has 0 aliphatic carbocycles. The Morgan fingerprint density at radius 2 is 1.18 bits per heavy atom. The van der Waals surface area contributed by atoms with Crippen LogP contribution in [0.4, 0.5) is 0 Å². The lowest BCUT2D eigenvalue weighted by molar-refractivity contribution is -0.148. The molecule has 0 fully saturated rings. The summed E-state index contributed by atoms with van der Waals surface area (Å²) < 4.78 is 0. The molecule has 0 aromatic rings. The first-order valence-electron chi connectivity index (χ1n) is 9.37. The van der Waals surface area contributed by atoms with Crippen LogP contribution in [0.2, 0.25) is 0 Å². The Labute approximate surface area is 138 Å². The zero-order valence-electron chi connectivity index (χ0n) is 15.5. The summed E-state index contributed by atoms with van der Waals surface area (Å²) in [5, 5.41) is 9.16. The fraction of sp³-hybridized carbons (Fsp3) is 0.947. The third kappa shape index (κ3) is 10.2. The van der Waals surface area contributed by atoms with Gasteiger partial charge in [-0.05, 0) is 33.9 Å². The zero-order chi connectivity index (χ0) is 16.8. The van der Waals surface area contributed by atoms with Gasteiger partial charge in [-0.25, -0.2) is 0 Å². The van der Waals surface area contributed by atoms with E-state index in [0.29, 0.717) is 0 Å². The zero-order valence-corrected chi connectivity index (χ0v) is 15.5. The first-order chi connectivity index (χ1) is 10.4. The van der Waals surface area contributed by atoms with Gasteiger partial charge in [0, 0.05) is 0 Å². The molecule has 3 heteroatoms. The van der Waals surface area contributed by atoms with E-state index < -0.39 is 11.5 Å². The monoisotopic (exact) mass is 313 g/mol. The highest BCUT2D eigenvalue weighted by Crippen LogP contribution is 2.15. The highest BCUT2D eigenvalue weighted by Gasteiger charge is 2.31. The average molecular weight is 314 g/mol. The Morgan fingerprint density at radius 1 is 0.818 bits per heavy atom. The fourth-order valence-corrected chi connectivity index (χ4v) is 2.63. The molecule has 1 N–H and O–H groups in total. The van der Waals surface area contributed by atoms with Gasteiger partial charge in [0.2, 0.25) is 0 Å². The van der Waals surface area contributed by atoms with E-state index in [1.165, 1.54) is 70.6 Å². The SMILES string of the molecule is CCCCCCCCCCCCCCN(C)C(C)(C)C(=O)O. The van der Waals surface area contributed by atoms with Gasteiger partial charge in [-0.3, -0.25) is 9.69 Å². The van der Waals surface area contributed by atoms with Crippen molar-refractivity contribution in [3.8, 4) is 0 Å². The van der Waals surface area contributed by atoms with E-state index in [2.05, 4.69) is 6.92 Å². The fourth-order valence-electron chi connectivity index (χ4n) is 2.63. The predicted octanol–water partition coefficient (Wildman–Crippen LogP) is 5.48. The second-order valence-corrected chi connectivity index (χ2v) is 7.17. The van der Waals surface area contributed by atoms with E-state index in [4.69, 9.17) is 5.11 Å². The number of hydrogen-bond acceptors (Lipinski definition) is 2. The number of hydrogen-bond donors (Lipinski definition) is 1. The van der Waals surface area contributed by atoms with Crippen LogP contribution >= 0.6 is 0 Å². The van der Waals surface area contributed by atoms with Crippen molar-refractivity contribution in [1.29, 1.82) is 0 Å². The van der Waals surface area contributed by atoms with Gasteiger partial charge in [-0.2, -0.15) is 0 Å². The molecule has 0 aliphatic rings. The Hall–Kier alpha value is -0.570. The minimum absolute atomic E-state index is 0.742. The molecule has 22 heavy (non-hydrogen) atoms. The number of unbranched alkanes of at least 4 members (excludes halogenated alkanes) is 11. The molecule has 0 amide bonds. The second kappa shape index (κ2) is 12.9. The minimum atomic E-state index is -0.752. The van der Waals surface area contributed by atoms with Gasteiger partial charge in [-0.15, -0.1) is 0 Å². The van der Waals surface area contributed by atoms with Crippen molar-refractivity contribution < 1.29 is 9.90 Å². The number of carboxylic acids is 1. The van der Waals surface area contributed by atoms with Gasteiger partial charge >= 0.3 is 5.97 Å². The summed E-state index contributed by atoms with van der Waals surface area (Å²) in [6, 6.07) is 0. The van der Waals surface area contributed by atoms with Crippen LogP contribution in [0.15, 0.2) is 0 Å². The van der Waals surface area contributed by atoms with Gasteiger partial charge < -0.3 is 5.11 Å². The molecule has 0 rings (SSSR count). The number of carbonyl (C=O) groups is 1. The molecule has 0 heterocycles. The first kappa shape index (κ1) is 21.4. The normalized spacial score (nSPS) is 12.0. The molecular weight excluding hydrogens is 274 g/mol. The molecule has 132 valence electrons. The van der Waals surface area contributed by atoms with E-state index in [9.17, 15) is 4.79 Å². The van der Waals surface area contributed by atoms with Gasteiger partial charge in [-0.1, -0.05) is 77.6 Å². The molecule has 3 nitrogen and oxygen atoms in total. The van der Waals surface area contributed by atoms with Gasteiger partial charge in [0.15, 0.2) is 0 Å². The molecule has 0 bridgehead atoms. The smallest absolute Gasteiger partial charge is 0.323 e. The van der Waals surface area contributed by atoms with E-state index >= 15 is 0 Å². The van der Waals surface area contributed by atoms with E-state index in [-0.39, 0.29) is 0 Å². The van der Waals surface area contributed by atoms with Crippen LogP contribution in [-0.4, -0.2) is 35.1 Å². The van der Waals surface area contributed by atoms with Crippen LogP contribution < -0.4 is 0 Å². The number of carboxylic acid groups (broad SMARTS) is 1. The lowest BCUT2D eigenvalue weighted by Crippen LogP contribution is -2.48. The lowest BCUT2D eigenvalue weighted by Gasteiger charge is -2.31. The number of nitrogens with zero attached hydrogens (tertiary/aromatic N) is 1. The standard InChI is InChI=1S/C19H39NO2/c1-5-6-7-8-9-10-11-12-13-14-15-16-17-20(4)19(2,3)18(21)22/h5-17H2,1-4H3,(H,21,22). The largest absolute Gasteiger partial charge is 0.480 e. The maximum absolute atomic E-state index is 11.1. The Bertz CT molecular complexity index is 277. The Morgan fingerprint density at radius 3 is 1.55 bits per heavy atom. The van der Waals surface area contributed by atoms with Crippen molar-refractivity contribution in [2.24, 2.45) is 0 Å². The molecule has 0 spiro atoms. The Balaban J connectivity index is 3.35. The topological polar surface area (TPSA) is 40.5 Å². The van der Waals surface area contributed by atoms with Crippen molar-refractivity contribution in [1.82, 2.24) is 4.90 Å². The summed E-state index contributed by atoms with van der Waals surface area (Å²) in [6.07, 6.45) is 16.1. The highest BCUT2D eigenvalue weighted by atomic mass is 16.4. The molecule has 0 aliphatic heterocycles. The summed E-state index contributed by atoms with van der Waals surface area (Å²) in [6.45, 7) is 6.68. The van der Waals surface area contributed by atoms with Crippen LogP contribution in [-0.2, 0) is 4.79 Å². The van der Waals surface area contributed by atoms with Gasteiger partial charge in [0.25, 0.3) is 0 Å². The van der Waals surface area contributed by atoms with E-state index in [1.807, 2.05) is 11.9 Å². The summed E-state index contributed by atoms with van der Waals surface area (Å²) in [7, 11) is 1.91. The van der Waals surface area contributed by atoms with Crippen LogP contribution in [0.3, 0.4) is 0 Å². The van der Waals surface area contributed by atoms with Crippen LogP contribution in [0.5, 0.6) is 0 Å². The summed E-state index contributed by atoms with van der Waals surface area (Å²) in [5.41, 5.74) is -0.752. The molecule has 0 unspecified atom stereocenters. The highest BCUT2D eigenvalue weighted by molar-refractivity contribution is 5.77. The summed E-state index contributed by atoms with van der Waals surface area (Å²) >= 11 is 0. The van der Waals surface area contributed by atoms with Crippen LogP contribution in [0, 0.1) is 0 Å². The summed E-state index contributed by atoms with van der Waals surface area (Å²) in [5.74, 6) is -0.742. The predicted molar refractivity (Wildman–Crippen MR) is 95.4 cm³/mol. The van der Waals surface area contributed by atoms with Crippen molar-refractivity contribution in [2.75, 3.05) is 13.6 Å². The maximum Gasteiger partial charge on any atom is 0.323 e. The quantitative estimate of drug-likeness (QED) is 0.407. The maximum atomic E-state index is 11.1. The third-order valence-corrected chi connectivity index (χ3v) is 4.82. The van der Waals surface area contributed by atoms with Crippen LogP contribution in [0.1, 0.15) is 97.8 Å². The van der Waals surface area contributed by atoms with Crippen molar-refractivity contribution in [3.63, 3.8) is 0 Å². The molecule has 0 radical (unpaired) electrons. The number of rotatable bonds is 15. The van der Waals surface area contributed by atoms with Crippen molar-refractivity contribution in [3.05, 3.63) is 0 Å². The minimum Gasteiger partial charge on any atom is -0.480 e. The van der Waals surface area contributed by atoms with Gasteiger partial charge in [0.05, 0.1) is 0 Å². The summed E-state index contributed by atoms with van der Waals surface area (Å²) in [4.78, 5) is 13.1. The third-order valence-electron chi connectivity index (χ3n) is 4.82. The Kier molecular flexibility index (Phi) is 12.6. The molecule has 0 aromatic carbocycles. The number of aliphatic carboxylic acids is 1. The van der Waals surface area contributed by atoms with Gasteiger partial charge in [0.1, 0.15) is 5.54 Å². The molecular formula is C19H39NO2. The molecule has 0 saturated heterocycles. The van der Waals surface area contributed by atoms with Crippen molar-refractivity contribution >= 4 is 5.97 Å². The van der Waals surface area contributed by atoms with E-state index in [0.717, 1.165) is 13.0 Å². The molecule has 0 saturated carbocycles. The van der Waals surface area contributed by atoms with E-state index in [1.54, 1.807) is 13.8 Å². The number of likely N-dealkylation sites (N-methyl/N-ethyl adjacent to an activating group) is 1. The first-order valence-corrected chi connectivity index (χ1v) is 9.37. The molecule has 0 aromatic heterocycles. The second-order valence-electron chi connectivity index (χ2n) is 7.17.